The number of hydrogen-bond acceptors (Lipinski definition) is 1. The van der Waals surface area contributed by atoms with Gasteiger partial charge in [-0.1, -0.05) is 72.8 Å². The first-order chi connectivity index (χ1) is 9.90. The molecule has 0 bridgehead atoms. The number of hydrogen-bond donors (Lipinski definition) is 0. The summed E-state index contributed by atoms with van der Waals surface area (Å²) >= 11 is 0. The van der Waals surface area contributed by atoms with Gasteiger partial charge < -0.3 is 0 Å². The Kier molecular flexibility index (Phi) is 3.71. The normalized spacial score (nSPS) is 10.6. The van der Waals surface area contributed by atoms with Crippen LogP contribution < -0.4 is 5.30 Å². The zero-order chi connectivity index (χ0) is 13.8. The summed E-state index contributed by atoms with van der Waals surface area (Å²) in [6.07, 6.45) is 0. The van der Waals surface area contributed by atoms with Gasteiger partial charge in [-0.15, -0.1) is 0 Å². The first-order valence-electron chi connectivity index (χ1n) is 6.47. The van der Waals surface area contributed by atoms with Crippen LogP contribution in [0.15, 0.2) is 78.9 Å². The summed E-state index contributed by atoms with van der Waals surface area (Å²) in [4.78, 5) is 0. The maximum atomic E-state index is 11.3. The fraction of sp³-hybridized carbons (Fsp3) is 0. The topological polar surface area (TPSA) is 17.1 Å². The molecule has 0 aliphatic heterocycles. The van der Waals surface area contributed by atoms with Crippen molar-refractivity contribution in [2.75, 3.05) is 0 Å². The zero-order valence-electron chi connectivity index (χ0n) is 10.9. The highest BCUT2D eigenvalue weighted by Gasteiger charge is 2.10. The van der Waals surface area contributed by atoms with Gasteiger partial charge in [-0.2, -0.15) is 0 Å². The van der Waals surface area contributed by atoms with Crippen LogP contribution >= 0.6 is 8.46 Å². The smallest absolute Gasteiger partial charge is 0.192 e. The predicted octanol–water partition coefficient (Wildman–Crippen LogP) is 4.94. The molecule has 2 heteroatoms. The lowest BCUT2D eigenvalue weighted by atomic mass is 9.95. The van der Waals surface area contributed by atoms with E-state index < -0.39 is 0 Å². The molecular formula is C18H13OP. The van der Waals surface area contributed by atoms with Crippen molar-refractivity contribution in [3.05, 3.63) is 78.9 Å². The van der Waals surface area contributed by atoms with Gasteiger partial charge in [-0.25, -0.2) is 0 Å². The van der Waals surface area contributed by atoms with E-state index in [1.807, 2.05) is 54.6 Å². The third-order valence-corrected chi connectivity index (χ3v) is 3.89. The standard InChI is InChI=1S/C18H13OP/c19-20-18-13-7-6-12-17(18)16-11-5-4-10-15(16)14-8-2-1-3-9-14/h1-13H. The molecule has 0 atom stereocenters. The van der Waals surface area contributed by atoms with Gasteiger partial charge in [0.05, 0.1) is 5.30 Å². The average molecular weight is 276 g/mol. The van der Waals surface area contributed by atoms with Crippen LogP contribution in [0, 0.1) is 0 Å². The van der Waals surface area contributed by atoms with Crippen molar-refractivity contribution in [2.45, 2.75) is 0 Å². The second kappa shape index (κ2) is 5.81. The van der Waals surface area contributed by atoms with E-state index in [1.165, 1.54) is 5.56 Å². The highest BCUT2D eigenvalue weighted by Crippen LogP contribution is 2.31. The Morgan fingerprint density at radius 2 is 1.10 bits per heavy atom. The maximum Gasteiger partial charge on any atom is 0.192 e. The molecule has 1 nitrogen and oxygen atoms in total. The molecule has 0 saturated heterocycles. The van der Waals surface area contributed by atoms with Crippen molar-refractivity contribution in [2.24, 2.45) is 0 Å². The molecule has 0 heterocycles. The summed E-state index contributed by atoms with van der Waals surface area (Å²) in [6, 6.07) is 26.3. The van der Waals surface area contributed by atoms with Gasteiger partial charge in [0.2, 0.25) is 0 Å². The van der Waals surface area contributed by atoms with Crippen LogP contribution in [0.2, 0.25) is 0 Å². The van der Waals surface area contributed by atoms with Crippen LogP contribution in [0.4, 0.5) is 0 Å². The minimum Gasteiger partial charge on any atom is -0.269 e. The molecule has 96 valence electrons. The summed E-state index contributed by atoms with van der Waals surface area (Å²) in [5.74, 6) is 0. The van der Waals surface area contributed by atoms with E-state index in [1.54, 1.807) is 0 Å². The van der Waals surface area contributed by atoms with Crippen molar-refractivity contribution >= 4 is 13.8 Å². The van der Waals surface area contributed by atoms with Crippen molar-refractivity contribution in [3.63, 3.8) is 0 Å². The molecule has 0 aromatic heterocycles. The van der Waals surface area contributed by atoms with Crippen molar-refractivity contribution in [3.8, 4) is 22.3 Å². The quantitative estimate of drug-likeness (QED) is 0.619. The monoisotopic (exact) mass is 276 g/mol. The minimum absolute atomic E-state index is 0.0513. The lowest BCUT2D eigenvalue weighted by Gasteiger charge is -2.11. The Balaban J connectivity index is 2.23. The van der Waals surface area contributed by atoms with E-state index in [2.05, 4.69) is 24.3 Å². The fourth-order valence-electron chi connectivity index (χ4n) is 2.37. The average Bonchev–Trinajstić information content (AvgIpc) is 2.55. The molecular weight excluding hydrogens is 263 g/mol. The van der Waals surface area contributed by atoms with Crippen LogP contribution in [0.5, 0.6) is 0 Å². The molecule has 0 radical (unpaired) electrons. The largest absolute Gasteiger partial charge is 0.269 e. The fourth-order valence-corrected chi connectivity index (χ4v) is 2.81. The minimum atomic E-state index is 0.0513. The molecule has 3 rings (SSSR count). The van der Waals surface area contributed by atoms with Gasteiger partial charge in [0.25, 0.3) is 0 Å². The summed E-state index contributed by atoms with van der Waals surface area (Å²) in [7, 11) is 0.0513. The Labute approximate surface area is 120 Å². The van der Waals surface area contributed by atoms with E-state index in [0.29, 0.717) is 0 Å². The Morgan fingerprint density at radius 3 is 1.80 bits per heavy atom. The van der Waals surface area contributed by atoms with E-state index in [9.17, 15) is 4.57 Å². The first kappa shape index (κ1) is 12.8. The lowest BCUT2D eigenvalue weighted by molar-refractivity contribution is 0.603. The molecule has 3 aromatic rings. The molecule has 3 aromatic carbocycles. The SMILES string of the molecule is O=Pc1ccccc1-c1ccccc1-c1ccccc1. The molecule has 0 unspecified atom stereocenters. The molecule has 20 heavy (non-hydrogen) atoms. The predicted molar refractivity (Wildman–Crippen MR) is 84.6 cm³/mol. The van der Waals surface area contributed by atoms with Crippen LogP contribution in [0.3, 0.4) is 0 Å². The van der Waals surface area contributed by atoms with E-state index in [0.717, 1.165) is 22.0 Å². The molecule has 0 N–H and O–H groups in total. The molecule has 0 fully saturated rings. The van der Waals surface area contributed by atoms with Gasteiger partial charge in [0, 0.05) is 0 Å². The second-order valence-corrected chi connectivity index (χ2v) is 5.18. The van der Waals surface area contributed by atoms with E-state index in [-0.39, 0.29) is 8.46 Å². The summed E-state index contributed by atoms with van der Waals surface area (Å²) in [6.45, 7) is 0. The molecule has 0 spiro atoms. The summed E-state index contributed by atoms with van der Waals surface area (Å²) in [5, 5.41) is 0.816. The van der Waals surface area contributed by atoms with Crippen LogP contribution in [-0.2, 0) is 4.57 Å². The van der Waals surface area contributed by atoms with Crippen molar-refractivity contribution < 1.29 is 4.57 Å². The summed E-state index contributed by atoms with van der Waals surface area (Å²) in [5.41, 5.74) is 4.45. The highest BCUT2D eigenvalue weighted by molar-refractivity contribution is 7.34. The van der Waals surface area contributed by atoms with Crippen LogP contribution in [-0.4, -0.2) is 0 Å². The number of benzene rings is 3. The molecule has 0 aliphatic rings. The Bertz CT molecular complexity index is 735. The van der Waals surface area contributed by atoms with E-state index in [4.69, 9.17) is 0 Å². The third kappa shape index (κ3) is 2.41. The van der Waals surface area contributed by atoms with Crippen molar-refractivity contribution in [1.82, 2.24) is 0 Å². The Hall–Kier alpha value is -2.24. The third-order valence-electron chi connectivity index (χ3n) is 3.30. The van der Waals surface area contributed by atoms with Crippen LogP contribution in [0.25, 0.3) is 22.3 Å². The van der Waals surface area contributed by atoms with Gasteiger partial charge in [0.15, 0.2) is 8.46 Å². The van der Waals surface area contributed by atoms with Gasteiger partial charge in [0.1, 0.15) is 0 Å². The summed E-state index contributed by atoms with van der Waals surface area (Å²) < 4.78 is 11.3. The van der Waals surface area contributed by atoms with Gasteiger partial charge in [-0.3, -0.25) is 4.57 Å². The molecule has 0 amide bonds. The highest BCUT2D eigenvalue weighted by atomic mass is 31.1. The lowest BCUT2D eigenvalue weighted by Crippen LogP contribution is -1.98. The number of rotatable bonds is 3. The second-order valence-electron chi connectivity index (χ2n) is 4.52. The van der Waals surface area contributed by atoms with E-state index >= 15 is 0 Å². The maximum absolute atomic E-state index is 11.3. The van der Waals surface area contributed by atoms with Gasteiger partial charge >= 0.3 is 0 Å². The first-order valence-corrected chi connectivity index (χ1v) is 7.28. The molecule has 0 aliphatic carbocycles. The Morgan fingerprint density at radius 1 is 0.550 bits per heavy atom. The van der Waals surface area contributed by atoms with Crippen LogP contribution in [0.1, 0.15) is 0 Å². The van der Waals surface area contributed by atoms with Gasteiger partial charge in [-0.05, 0) is 28.3 Å². The zero-order valence-corrected chi connectivity index (χ0v) is 11.8. The van der Waals surface area contributed by atoms with Crippen molar-refractivity contribution in [1.29, 1.82) is 0 Å². The molecule has 0 saturated carbocycles.